The standard InChI is InChI=1S/C17H20N6O2/c18-7-12(24)9-25-13-3-1-2-10(6-13)16-21-15(19)14-8-20-23(11-4-5-11)17(14)22-16/h1-3,6,8,11-12,24H,4-5,7,9,18H2,(H2,19,21,22). The lowest BCUT2D eigenvalue weighted by Gasteiger charge is -2.11. The number of aliphatic hydroxyl groups is 1. The Bertz CT molecular complexity index is 905. The molecule has 3 aromatic rings. The van der Waals surface area contributed by atoms with E-state index >= 15 is 0 Å². The molecule has 2 heterocycles. The van der Waals surface area contributed by atoms with Crippen molar-refractivity contribution < 1.29 is 9.84 Å². The second-order valence-electron chi connectivity index (χ2n) is 6.22. The van der Waals surface area contributed by atoms with Gasteiger partial charge in [0.15, 0.2) is 11.5 Å². The number of aliphatic hydroxyl groups excluding tert-OH is 1. The highest BCUT2D eigenvalue weighted by atomic mass is 16.5. The molecule has 1 aromatic carbocycles. The van der Waals surface area contributed by atoms with Crippen LogP contribution in [0, 0.1) is 0 Å². The Hall–Kier alpha value is -2.71. The summed E-state index contributed by atoms with van der Waals surface area (Å²) < 4.78 is 7.49. The maximum Gasteiger partial charge on any atom is 0.164 e. The van der Waals surface area contributed by atoms with E-state index in [1.165, 1.54) is 0 Å². The van der Waals surface area contributed by atoms with Crippen LogP contribution in [0.2, 0.25) is 0 Å². The van der Waals surface area contributed by atoms with Crippen LogP contribution in [-0.2, 0) is 0 Å². The normalized spacial score (nSPS) is 15.4. The Morgan fingerprint density at radius 3 is 2.92 bits per heavy atom. The lowest BCUT2D eigenvalue weighted by atomic mass is 10.2. The number of anilines is 1. The highest BCUT2D eigenvalue weighted by molar-refractivity contribution is 5.87. The number of fused-ring (bicyclic) bond motifs is 1. The molecular formula is C17H20N6O2. The van der Waals surface area contributed by atoms with Crippen molar-refractivity contribution in [1.82, 2.24) is 19.7 Å². The second kappa shape index (κ2) is 6.30. The summed E-state index contributed by atoms with van der Waals surface area (Å²) >= 11 is 0. The van der Waals surface area contributed by atoms with E-state index in [0.29, 0.717) is 23.4 Å². The topological polar surface area (TPSA) is 125 Å². The molecule has 0 saturated heterocycles. The fourth-order valence-corrected chi connectivity index (χ4v) is 2.65. The fraction of sp³-hybridized carbons (Fsp3) is 0.353. The molecule has 1 fully saturated rings. The highest BCUT2D eigenvalue weighted by Crippen LogP contribution is 2.37. The summed E-state index contributed by atoms with van der Waals surface area (Å²) in [5, 5.41) is 14.7. The first-order chi connectivity index (χ1) is 12.2. The number of rotatable bonds is 6. The summed E-state index contributed by atoms with van der Waals surface area (Å²) in [4.78, 5) is 9.07. The maximum atomic E-state index is 9.52. The van der Waals surface area contributed by atoms with Crippen molar-refractivity contribution in [3.63, 3.8) is 0 Å². The molecule has 25 heavy (non-hydrogen) atoms. The molecule has 4 rings (SSSR count). The van der Waals surface area contributed by atoms with Gasteiger partial charge in [0.05, 0.1) is 17.6 Å². The summed E-state index contributed by atoms with van der Waals surface area (Å²) in [6.07, 6.45) is 3.26. The largest absolute Gasteiger partial charge is 0.491 e. The van der Waals surface area contributed by atoms with Crippen LogP contribution in [0.15, 0.2) is 30.5 Å². The smallest absolute Gasteiger partial charge is 0.164 e. The van der Waals surface area contributed by atoms with E-state index in [0.717, 1.165) is 29.4 Å². The molecule has 1 unspecified atom stereocenters. The molecule has 0 spiro atoms. The average molecular weight is 340 g/mol. The summed E-state index contributed by atoms with van der Waals surface area (Å²) in [5.41, 5.74) is 13.0. The zero-order valence-corrected chi connectivity index (χ0v) is 13.7. The number of benzene rings is 1. The molecule has 1 atom stereocenters. The number of nitrogen functional groups attached to an aromatic ring is 1. The number of hydrogen-bond donors (Lipinski definition) is 3. The van der Waals surface area contributed by atoms with Gasteiger partial charge in [-0.25, -0.2) is 14.6 Å². The lowest BCUT2D eigenvalue weighted by Crippen LogP contribution is -2.26. The van der Waals surface area contributed by atoms with Gasteiger partial charge in [-0.15, -0.1) is 0 Å². The molecular weight excluding hydrogens is 320 g/mol. The first kappa shape index (κ1) is 15.8. The third kappa shape index (κ3) is 3.13. The third-order valence-electron chi connectivity index (χ3n) is 4.18. The van der Waals surface area contributed by atoms with Gasteiger partial charge in [-0.1, -0.05) is 12.1 Å². The van der Waals surface area contributed by atoms with E-state index in [1.807, 2.05) is 28.9 Å². The van der Waals surface area contributed by atoms with Gasteiger partial charge in [-0.3, -0.25) is 0 Å². The van der Waals surface area contributed by atoms with Crippen molar-refractivity contribution in [2.75, 3.05) is 18.9 Å². The van der Waals surface area contributed by atoms with Crippen molar-refractivity contribution in [2.45, 2.75) is 25.0 Å². The van der Waals surface area contributed by atoms with Crippen molar-refractivity contribution >= 4 is 16.9 Å². The Balaban J connectivity index is 1.68. The lowest BCUT2D eigenvalue weighted by molar-refractivity contribution is 0.114. The van der Waals surface area contributed by atoms with Crippen LogP contribution >= 0.6 is 0 Å². The number of nitrogens with two attached hydrogens (primary N) is 2. The van der Waals surface area contributed by atoms with E-state index in [2.05, 4.69) is 15.1 Å². The predicted octanol–water partition coefficient (Wildman–Crippen LogP) is 1.11. The van der Waals surface area contributed by atoms with Crippen molar-refractivity contribution in [3.8, 4) is 17.1 Å². The number of hydrogen-bond acceptors (Lipinski definition) is 7. The predicted molar refractivity (Wildman–Crippen MR) is 94.0 cm³/mol. The van der Waals surface area contributed by atoms with Gasteiger partial charge < -0.3 is 21.3 Å². The van der Waals surface area contributed by atoms with E-state index in [4.69, 9.17) is 16.2 Å². The van der Waals surface area contributed by atoms with Crippen LogP contribution in [-0.4, -0.2) is 44.1 Å². The van der Waals surface area contributed by atoms with Crippen LogP contribution in [0.25, 0.3) is 22.4 Å². The molecule has 0 bridgehead atoms. The molecule has 2 aromatic heterocycles. The molecule has 1 saturated carbocycles. The van der Waals surface area contributed by atoms with Gasteiger partial charge in [0.1, 0.15) is 24.3 Å². The number of nitrogens with zero attached hydrogens (tertiary/aromatic N) is 4. The van der Waals surface area contributed by atoms with Gasteiger partial charge in [0, 0.05) is 12.1 Å². The SMILES string of the molecule is NCC(O)COc1cccc(-c2nc(N)c3cnn(C4CC4)c3n2)c1. The van der Waals surface area contributed by atoms with Crippen molar-refractivity contribution in [1.29, 1.82) is 0 Å². The molecule has 0 amide bonds. The Morgan fingerprint density at radius 2 is 2.16 bits per heavy atom. The quantitative estimate of drug-likeness (QED) is 0.613. The molecule has 0 radical (unpaired) electrons. The molecule has 8 nitrogen and oxygen atoms in total. The third-order valence-corrected chi connectivity index (χ3v) is 4.18. The zero-order valence-electron chi connectivity index (χ0n) is 13.7. The molecule has 8 heteroatoms. The second-order valence-corrected chi connectivity index (χ2v) is 6.22. The van der Waals surface area contributed by atoms with Gasteiger partial charge in [0.2, 0.25) is 0 Å². The molecule has 1 aliphatic carbocycles. The minimum absolute atomic E-state index is 0.135. The monoisotopic (exact) mass is 340 g/mol. The number of ether oxygens (including phenoxy) is 1. The molecule has 130 valence electrons. The van der Waals surface area contributed by atoms with Gasteiger partial charge in [0.25, 0.3) is 0 Å². The van der Waals surface area contributed by atoms with E-state index in [-0.39, 0.29) is 13.2 Å². The minimum atomic E-state index is -0.695. The van der Waals surface area contributed by atoms with Crippen LogP contribution in [0.1, 0.15) is 18.9 Å². The number of aromatic nitrogens is 4. The van der Waals surface area contributed by atoms with Crippen LogP contribution < -0.4 is 16.2 Å². The fourth-order valence-electron chi connectivity index (χ4n) is 2.65. The van der Waals surface area contributed by atoms with Crippen molar-refractivity contribution in [3.05, 3.63) is 30.5 Å². The van der Waals surface area contributed by atoms with Crippen molar-refractivity contribution in [2.24, 2.45) is 5.73 Å². The van der Waals surface area contributed by atoms with Gasteiger partial charge in [-0.2, -0.15) is 5.10 Å². The van der Waals surface area contributed by atoms with Gasteiger partial charge in [-0.05, 0) is 25.0 Å². The van der Waals surface area contributed by atoms with Crippen LogP contribution in [0.3, 0.4) is 0 Å². The van der Waals surface area contributed by atoms with Gasteiger partial charge >= 0.3 is 0 Å². The Kier molecular flexibility index (Phi) is 3.98. The minimum Gasteiger partial charge on any atom is -0.491 e. The molecule has 1 aliphatic rings. The van der Waals surface area contributed by atoms with E-state index < -0.39 is 6.10 Å². The first-order valence-corrected chi connectivity index (χ1v) is 8.28. The van der Waals surface area contributed by atoms with Crippen LogP contribution in [0.4, 0.5) is 5.82 Å². The Labute approximate surface area is 144 Å². The molecule has 5 N–H and O–H groups in total. The highest BCUT2D eigenvalue weighted by Gasteiger charge is 2.27. The molecule has 0 aliphatic heterocycles. The maximum absolute atomic E-state index is 9.52. The van der Waals surface area contributed by atoms with E-state index in [1.54, 1.807) is 6.20 Å². The summed E-state index contributed by atoms with van der Waals surface area (Å²) in [7, 11) is 0. The first-order valence-electron chi connectivity index (χ1n) is 8.28. The Morgan fingerprint density at radius 1 is 1.32 bits per heavy atom. The van der Waals surface area contributed by atoms with E-state index in [9.17, 15) is 5.11 Å². The zero-order chi connectivity index (χ0) is 17.4. The summed E-state index contributed by atoms with van der Waals surface area (Å²) in [6.45, 7) is 0.289. The summed E-state index contributed by atoms with van der Waals surface area (Å²) in [6, 6.07) is 7.78. The average Bonchev–Trinajstić information content (AvgIpc) is 3.39. The summed E-state index contributed by atoms with van der Waals surface area (Å²) in [5.74, 6) is 1.55. The van der Waals surface area contributed by atoms with Crippen LogP contribution in [0.5, 0.6) is 5.75 Å².